The molecule has 0 fully saturated rings. The van der Waals surface area contributed by atoms with Gasteiger partial charge in [-0.2, -0.15) is 4.99 Å². The van der Waals surface area contributed by atoms with Crippen molar-refractivity contribution >= 4 is 34.9 Å². The highest BCUT2D eigenvalue weighted by atomic mass is 35.5. The minimum absolute atomic E-state index is 0.237. The summed E-state index contributed by atoms with van der Waals surface area (Å²) in [7, 11) is 0. The minimum atomic E-state index is 0.237. The fourth-order valence-corrected chi connectivity index (χ4v) is 1.70. The Morgan fingerprint density at radius 1 is 1.00 bits per heavy atom. The quantitative estimate of drug-likeness (QED) is 0.451. The van der Waals surface area contributed by atoms with E-state index in [1.54, 1.807) is 0 Å². The van der Waals surface area contributed by atoms with Crippen LogP contribution >= 0.6 is 11.6 Å². The van der Waals surface area contributed by atoms with Crippen LogP contribution in [-0.4, -0.2) is 35.0 Å². The Bertz CT molecular complexity index is 518. The number of rotatable bonds is 6. The Morgan fingerprint density at radius 2 is 1.57 bits per heavy atom. The Labute approximate surface area is 130 Å². The van der Waals surface area contributed by atoms with E-state index in [1.165, 1.54) is 6.33 Å². The van der Waals surface area contributed by atoms with Crippen LogP contribution in [0.4, 0.5) is 11.5 Å². The number of halogens is 1. The molecular formula is C14H21ClN4O2. The van der Waals surface area contributed by atoms with Gasteiger partial charge in [0.15, 0.2) is 22.8 Å². The van der Waals surface area contributed by atoms with Crippen molar-refractivity contribution in [2.24, 2.45) is 9.98 Å². The van der Waals surface area contributed by atoms with E-state index in [4.69, 9.17) is 21.1 Å². The fraction of sp³-hybridized carbons (Fsp3) is 0.571. The molecule has 0 spiro atoms. The van der Waals surface area contributed by atoms with Crippen molar-refractivity contribution in [2.45, 2.75) is 40.5 Å². The predicted molar refractivity (Wildman–Crippen MR) is 85.1 cm³/mol. The highest BCUT2D eigenvalue weighted by molar-refractivity contribution is 6.32. The highest BCUT2D eigenvalue weighted by Crippen LogP contribution is 2.32. The number of aliphatic imine (C=N–C) groups is 2. The Hall–Kier alpha value is -1.69. The molecule has 6 nitrogen and oxygen atoms in total. The molecule has 0 unspecified atom stereocenters. The van der Waals surface area contributed by atoms with E-state index in [-0.39, 0.29) is 5.15 Å². The minimum Gasteiger partial charge on any atom is -0.481 e. The molecule has 0 aromatic carbocycles. The predicted octanol–water partition coefficient (Wildman–Crippen LogP) is 4.08. The summed E-state index contributed by atoms with van der Waals surface area (Å²) in [5.74, 6) is 1.53. The van der Waals surface area contributed by atoms with Gasteiger partial charge in [-0.1, -0.05) is 25.4 Å². The molecule has 1 rings (SSSR count). The molecule has 0 radical (unpaired) electrons. The highest BCUT2D eigenvalue weighted by Gasteiger charge is 2.11. The summed E-state index contributed by atoms with van der Waals surface area (Å²) in [6.45, 7) is 8.79. The van der Waals surface area contributed by atoms with Crippen molar-refractivity contribution in [1.82, 2.24) is 9.97 Å². The van der Waals surface area contributed by atoms with Crippen LogP contribution in [0.25, 0.3) is 0 Å². The number of ether oxygens (including phenoxy) is 2. The van der Waals surface area contributed by atoms with Crippen LogP contribution < -0.4 is 0 Å². The maximum Gasteiger partial charge on any atom is 0.189 e. The van der Waals surface area contributed by atoms with Gasteiger partial charge in [-0.3, -0.25) is 0 Å². The molecule has 0 saturated carbocycles. The van der Waals surface area contributed by atoms with Gasteiger partial charge in [-0.15, -0.1) is 0 Å². The lowest BCUT2D eigenvalue weighted by molar-refractivity contribution is 0.318. The van der Waals surface area contributed by atoms with E-state index < -0.39 is 0 Å². The second kappa shape index (κ2) is 9.28. The molecule has 0 N–H and O–H groups in total. The lowest BCUT2D eigenvalue weighted by Crippen LogP contribution is -2.04. The van der Waals surface area contributed by atoms with E-state index in [9.17, 15) is 0 Å². The molecule has 1 heterocycles. The van der Waals surface area contributed by atoms with E-state index in [0.717, 1.165) is 0 Å². The van der Waals surface area contributed by atoms with Gasteiger partial charge in [0.1, 0.15) is 12.0 Å². The number of hydrogen-bond donors (Lipinski definition) is 0. The van der Waals surface area contributed by atoms with E-state index in [0.29, 0.717) is 49.4 Å². The van der Waals surface area contributed by atoms with E-state index >= 15 is 0 Å². The average molecular weight is 313 g/mol. The molecule has 0 bridgehead atoms. The average Bonchev–Trinajstić information content (AvgIpc) is 2.49. The van der Waals surface area contributed by atoms with Gasteiger partial charge < -0.3 is 9.47 Å². The number of aromatic nitrogens is 2. The summed E-state index contributed by atoms with van der Waals surface area (Å²) in [6, 6.07) is 0. The van der Waals surface area contributed by atoms with Gasteiger partial charge in [0.25, 0.3) is 0 Å². The second-order valence-corrected chi connectivity index (χ2v) is 4.28. The second-order valence-electron chi connectivity index (χ2n) is 3.92. The van der Waals surface area contributed by atoms with Crippen LogP contribution in [0.1, 0.15) is 40.5 Å². The van der Waals surface area contributed by atoms with Crippen LogP contribution in [0.3, 0.4) is 0 Å². The molecule has 21 heavy (non-hydrogen) atoms. The van der Waals surface area contributed by atoms with Gasteiger partial charge in [-0.25, -0.2) is 15.0 Å². The third kappa shape index (κ3) is 5.30. The Balaban J connectivity index is 3.25. The summed E-state index contributed by atoms with van der Waals surface area (Å²) < 4.78 is 10.9. The first-order valence-electron chi connectivity index (χ1n) is 7.07. The van der Waals surface area contributed by atoms with Gasteiger partial charge >= 0.3 is 0 Å². The zero-order chi connectivity index (χ0) is 15.7. The SMILES string of the molecule is CCOC(CC)=Nc1ncnc(Cl)c1N=C(CC)OCC. The maximum atomic E-state index is 6.11. The monoisotopic (exact) mass is 312 g/mol. The van der Waals surface area contributed by atoms with Crippen molar-refractivity contribution < 1.29 is 9.47 Å². The molecule has 0 saturated heterocycles. The van der Waals surface area contributed by atoms with Crippen LogP contribution in [-0.2, 0) is 9.47 Å². The van der Waals surface area contributed by atoms with Crippen molar-refractivity contribution in [3.63, 3.8) is 0 Å². The maximum absolute atomic E-state index is 6.11. The lowest BCUT2D eigenvalue weighted by atomic mass is 10.4. The zero-order valence-corrected chi connectivity index (χ0v) is 13.6. The van der Waals surface area contributed by atoms with Gasteiger partial charge in [0.2, 0.25) is 0 Å². The van der Waals surface area contributed by atoms with Crippen molar-refractivity contribution in [3.05, 3.63) is 11.5 Å². The summed E-state index contributed by atoms with van der Waals surface area (Å²) in [4.78, 5) is 16.8. The van der Waals surface area contributed by atoms with Gasteiger partial charge in [0.05, 0.1) is 13.2 Å². The molecule has 7 heteroatoms. The fourth-order valence-electron chi connectivity index (χ4n) is 1.53. The summed E-state index contributed by atoms with van der Waals surface area (Å²) in [6.07, 6.45) is 2.66. The molecular weight excluding hydrogens is 292 g/mol. The van der Waals surface area contributed by atoms with Crippen LogP contribution in [0, 0.1) is 0 Å². The molecule has 116 valence electrons. The van der Waals surface area contributed by atoms with Crippen LogP contribution in [0.5, 0.6) is 0 Å². The summed E-state index contributed by atoms with van der Waals surface area (Å²) >= 11 is 6.11. The van der Waals surface area contributed by atoms with Crippen LogP contribution in [0.15, 0.2) is 16.3 Å². The molecule has 0 aliphatic rings. The molecule has 0 atom stereocenters. The number of hydrogen-bond acceptors (Lipinski definition) is 6. The topological polar surface area (TPSA) is 69.0 Å². The normalized spacial score (nSPS) is 12.4. The third-order valence-electron chi connectivity index (χ3n) is 2.45. The smallest absolute Gasteiger partial charge is 0.189 e. The van der Waals surface area contributed by atoms with Crippen molar-refractivity contribution in [1.29, 1.82) is 0 Å². The largest absolute Gasteiger partial charge is 0.481 e. The standard InChI is InChI=1S/C14H21ClN4O2/c1-5-10(20-7-3)18-12-13(15)16-9-17-14(12)19-11(6-2)21-8-4/h9H,5-8H2,1-4H3. The first kappa shape index (κ1) is 17.4. The van der Waals surface area contributed by atoms with E-state index in [2.05, 4.69) is 20.0 Å². The lowest BCUT2D eigenvalue weighted by Gasteiger charge is -2.08. The molecule has 0 aliphatic carbocycles. The first-order valence-corrected chi connectivity index (χ1v) is 7.45. The molecule has 0 aliphatic heterocycles. The number of nitrogens with zero attached hydrogens (tertiary/aromatic N) is 4. The van der Waals surface area contributed by atoms with Crippen molar-refractivity contribution in [3.8, 4) is 0 Å². The molecule has 1 aromatic rings. The summed E-state index contributed by atoms with van der Waals surface area (Å²) in [5.41, 5.74) is 0.398. The Morgan fingerprint density at radius 3 is 2.10 bits per heavy atom. The van der Waals surface area contributed by atoms with Gasteiger partial charge in [-0.05, 0) is 13.8 Å². The third-order valence-corrected chi connectivity index (χ3v) is 2.73. The van der Waals surface area contributed by atoms with Crippen LogP contribution in [0.2, 0.25) is 5.15 Å². The molecule has 0 amide bonds. The van der Waals surface area contributed by atoms with Gasteiger partial charge in [0, 0.05) is 12.8 Å². The molecule has 1 aromatic heterocycles. The first-order chi connectivity index (χ1) is 10.2. The zero-order valence-electron chi connectivity index (χ0n) is 12.9. The Kier molecular flexibility index (Phi) is 7.68. The van der Waals surface area contributed by atoms with Crippen molar-refractivity contribution in [2.75, 3.05) is 13.2 Å². The summed E-state index contributed by atoms with van der Waals surface area (Å²) in [5, 5.41) is 0.237. The van der Waals surface area contributed by atoms with E-state index in [1.807, 2.05) is 27.7 Å².